The molecule has 112 valence electrons. The summed E-state index contributed by atoms with van der Waals surface area (Å²) in [6.07, 6.45) is 0.466. The zero-order valence-corrected chi connectivity index (χ0v) is 13.2. The lowest BCUT2D eigenvalue weighted by Crippen LogP contribution is -2.10. The van der Waals surface area contributed by atoms with Gasteiger partial charge >= 0.3 is 0 Å². The van der Waals surface area contributed by atoms with Crippen molar-refractivity contribution < 1.29 is 8.78 Å². The monoisotopic (exact) mass is 308 g/mol. The quantitative estimate of drug-likeness (QED) is 0.630. The van der Waals surface area contributed by atoms with Crippen LogP contribution >= 0.6 is 11.6 Å². The fourth-order valence-corrected chi connectivity index (χ4v) is 2.51. The second-order valence-corrected chi connectivity index (χ2v) is 6.82. The van der Waals surface area contributed by atoms with Gasteiger partial charge in [0.1, 0.15) is 0 Å². The Kier molecular flexibility index (Phi) is 4.67. The van der Waals surface area contributed by atoms with Crippen molar-refractivity contribution >= 4 is 11.6 Å². The summed E-state index contributed by atoms with van der Waals surface area (Å²) in [5.74, 6) is -1.67. The van der Waals surface area contributed by atoms with Gasteiger partial charge in [0.25, 0.3) is 0 Å². The zero-order chi connectivity index (χ0) is 15.6. The normalized spacial score (nSPS) is 13.2. The van der Waals surface area contributed by atoms with Crippen molar-refractivity contribution in [3.05, 3.63) is 70.8 Å². The third-order valence-corrected chi connectivity index (χ3v) is 3.94. The van der Waals surface area contributed by atoms with Crippen molar-refractivity contribution in [3.8, 4) is 0 Å². The number of benzene rings is 2. The molecule has 21 heavy (non-hydrogen) atoms. The Balaban J connectivity index is 2.13. The topological polar surface area (TPSA) is 0 Å². The van der Waals surface area contributed by atoms with Gasteiger partial charge in [-0.1, -0.05) is 51.1 Å². The van der Waals surface area contributed by atoms with Crippen LogP contribution in [-0.2, 0) is 11.8 Å². The van der Waals surface area contributed by atoms with Crippen LogP contribution in [0.4, 0.5) is 8.78 Å². The minimum absolute atomic E-state index is 0.0976. The summed E-state index contributed by atoms with van der Waals surface area (Å²) in [7, 11) is 0. The van der Waals surface area contributed by atoms with Crippen LogP contribution < -0.4 is 0 Å². The van der Waals surface area contributed by atoms with Crippen molar-refractivity contribution in [3.63, 3.8) is 0 Å². The molecule has 2 aromatic rings. The summed E-state index contributed by atoms with van der Waals surface area (Å²) < 4.78 is 26.1. The summed E-state index contributed by atoms with van der Waals surface area (Å²) in [6, 6.07) is 12.0. The highest BCUT2D eigenvalue weighted by molar-refractivity contribution is 6.20. The zero-order valence-electron chi connectivity index (χ0n) is 12.5. The average Bonchev–Trinajstić information content (AvgIpc) is 2.42. The van der Waals surface area contributed by atoms with E-state index in [9.17, 15) is 8.78 Å². The number of hydrogen-bond donors (Lipinski definition) is 0. The minimum atomic E-state index is -0.834. The van der Waals surface area contributed by atoms with Gasteiger partial charge in [-0.05, 0) is 40.7 Å². The molecule has 0 N–H and O–H groups in total. The summed E-state index contributed by atoms with van der Waals surface area (Å²) in [6.45, 7) is 6.46. The lowest BCUT2D eigenvalue weighted by atomic mass is 9.86. The second-order valence-electron chi connectivity index (χ2n) is 6.29. The van der Waals surface area contributed by atoms with Crippen molar-refractivity contribution in [2.75, 3.05) is 0 Å². The van der Waals surface area contributed by atoms with Crippen LogP contribution in [0.25, 0.3) is 0 Å². The summed E-state index contributed by atoms with van der Waals surface area (Å²) >= 11 is 6.38. The largest absolute Gasteiger partial charge is 0.204 e. The van der Waals surface area contributed by atoms with E-state index in [2.05, 4.69) is 32.9 Å². The predicted molar refractivity (Wildman–Crippen MR) is 83.8 cm³/mol. The molecule has 0 nitrogen and oxygen atoms in total. The molecule has 0 radical (unpaired) electrons. The van der Waals surface area contributed by atoms with Gasteiger partial charge in [-0.2, -0.15) is 0 Å². The number of rotatable bonds is 3. The molecule has 0 amide bonds. The number of hydrogen-bond acceptors (Lipinski definition) is 0. The molecule has 0 heterocycles. The molecule has 0 saturated heterocycles. The highest BCUT2D eigenvalue weighted by atomic mass is 35.5. The van der Waals surface area contributed by atoms with E-state index in [-0.39, 0.29) is 10.8 Å². The van der Waals surface area contributed by atoms with Crippen LogP contribution in [0.1, 0.15) is 42.8 Å². The molecule has 0 aromatic heterocycles. The second kappa shape index (κ2) is 6.15. The van der Waals surface area contributed by atoms with Crippen LogP contribution in [0.3, 0.4) is 0 Å². The van der Waals surface area contributed by atoms with E-state index in [0.29, 0.717) is 12.0 Å². The van der Waals surface area contributed by atoms with Gasteiger partial charge in [0, 0.05) is 0 Å². The first kappa shape index (κ1) is 16.0. The highest BCUT2D eigenvalue weighted by Crippen LogP contribution is 2.28. The fourth-order valence-electron chi connectivity index (χ4n) is 2.18. The molecule has 2 aromatic carbocycles. The van der Waals surface area contributed by atoms with Crippen molar-refractivity contribution in [1.82, 2.24) is 0 Å². The first-order valence-electron chi connectivity index (χ1n) is 6.96. The molecule has 0 aliphatic rings. The average molecular weight is 309 g/mol. The maximum absolute atomic E-state index is 13.2. The van der Waals surface area contributed by atoms with Crippen LogP contribution in [0.2, 0.25) is 0 Å². The molecule has 0 aliphatic carbocycles. The van der Waals surface area contributed by atoms with E-state index in [1.54, 1.807) is 6.07 Å². The van der Waals surface area contributed by atoms with E-state index in [1.165, 1.54) is 11.6 Å². The highest BCUT2D eigenvalue weighted by Gasteiger charge is 2.15. The molecule has 0 bridgehead atoms. The van der Waals surface area contributed by atoms with Crippen LogP contribution in [-0.4, -0.2) is 0 Å². The lowest BCUT2D eigenvalue weighted by Gasteiger charge is -2.20. The van der Waals surface area contributed by atoms with Gasteiger partial charge in [-0.15, -0.1) is 11.6 Å². The van der Waals surface area contributed by atoms with E-state index >= 15 is 0 Å². The lowest BCUT2D eigenvalue weighted by molar-refractivity contribution is 0.507. The molecule has 0 spiro atoms. The molecular formula is C18H19ClF2. The molecule has 1 atom stereocenters. The van der Waals surface area contributed by atoms with E-state index in [1.807, 2.05) is 12.1 Å². The Bertz CT molecular complexity index is 612. The number of alkyl halides is 1. The standard InChI is InChI=1S/C18H19ClF2/c1-18(2,3)14-7-5-13(6-8-14)15(19)10-12-4-9-16(20)17(21)11-12/h4-9,11,15H,10H2,1-3H3. The van der Waals surface area contributed by atoms with Gasteiger partial charge in [-0.25, -0.2) is 8.78 Å². The molecule has 3 heteroatoms. The third kappa shape index (κ3) is 4.04. The Morgan fingerprint density at radius 2 is 1.57 bits per heavy atom. The van der Waals surface area contributed by atoms with Crippen molar-refractivity contribution in [1.29, 1.82) is 0 Å². The molecule has 1 unspecified atom stereocenters. The first-order valence-corrected chi connectivity index (χ1v) is 7.39. The smallest absolute Gasteiger partial charge is 0.159 e. The van der Waals surface area contributed by atoms with Crippen LogP contribution in [0.5, 0.6) is 0 Å². The van der Waals surface area contributed by atoms with Crippen LogP contribution in [0.15, 0.2) is 42.5 Å². The SMILES string of the molecule is CC(C)(C)c1ccc(C(Cl)Cc2ccc(F)c(F)c2)cc1. The summed E-state index contributed by atoms with van der Waals surface area (Å²) in [5, 5.41) is -0.260. The van der Waals surface area contributed by atoms with Gasteiger partial charge < -0.3 is 0 Å². The van der Waals surface area contributed by atoms with Crippen LogP contribution in [0, 0.1) is 11.6 Å². The summed E-state index contributed by atoms with van der Waals surface area (Å²) in [4.78, 5) is 0. The van der Waals surface area contributed by atoms with Crippen molar-refractivity contribution in [2.45, 2.75) is 38.0 Å². The van der Waals surface area contributed by atoms with E-state index < -0.39 is 11.6 Å². The van der Waals surface area contributed by atoms with Gasteiger partial charge in [0.05, 0.1) is 5.38 Å². The predicted octanol–water partition coefficient (Wildman–Crippen LogP) is 5.78. The molecule has 0 saturated carbocycles. The molecule has 0 aliphatic heterocycles. The Morgan fingerprint density at radius 3 is 2.10 bits per heavy atom. The maximum Gasteiger partial charge on any atom is 0.159 e. The Hall–Kier alpha value is -1.41. The van der Waals surface area contributed by atoms with Gasteiger partial charge in [0.15, 0.2) is 11.6 Å². The summed E-state index contributed by atoms with van der Waals surface area (Å²) in [5.41, 5.74) is 3.01. The maximum atomic E-state index is 13.2. The first-order chi connectivity index (χ1) is 9.77. The van der Waals surface area contributed by atoms with E-state index in [0.717, 1.165) is 11.6 Å². The van der Waals surface area contributed by atoms with Gasteiger partial charge in [-0.3, -0.25) is 0 Å². The third-order valence-electron chi connectivity index (χ3n) is 3.54. The Morgan fingerprint density at radius 1 is 0.952 bits per heavy atom. The minimum Gasteiger partial charge on any atom is -0.204 e. The molecule has 0 fully saturated rings. The molecule has 2 rings (SSSR count). The van der Waals surface area contributed by atoms with Crippen molar-refractivity contribution in [2.24, 2.45) is 0 Å². The van der Waals surface area contributed by atoms with Gasteiger partial charge in [0.2, 0.25) is 0 Å². The number of halogens is 3. The molecular weight excluding hydrogens is 290 g/mol. The van der Waals surface area contributed by atoms with E-state index in [4.69, 9.17) is 11.6 Å². The Labute approximate surface area is 129 Å². The fraction of sp³-hybridized carbons (Fsp3) is 0.333.